The van der Waals surface area contributed by atoms with E-state index < -0.39 is 0 Å². The lowest BCUT2D eigenvalue weighted by molar-refractivity contribution is 1.17. The predicted octanol–water partition coefficient (Wildman–Crippen LogP) is 11.3. The molecule has 0 saturated carbocycles. The number of nitrogens with zero attached hydrogens (tertiary/aromatic N) is 2. The third kappa shape index (κ3) is 16.9. The average molecular weight is 505 g/mol. The smallest absolute Gasteiger partial charge is 0.0704 e. The van der Waals surface area contributed by atoms with Gasteiger partial charge in [-0.15, -0.1) is 0 Å². The normalized spacial score (nSPS) is 8.16. The maximum atomic E-state index is 4.41. The van der Waals surface area contributed by atoms with E-state index in [1.165, 1.54) is 33.4 Å². The van der Waals surface area contributed by atoms with Crippen LogP contribution >= 0.6 is 0 Å². The van der Waals surface area contributed by atoms with E-state index in [4.69, 9.17) is 0 Å². The molecule has 0 unspecified atom stereocenters. The Morgan fingerprint density at radius 3 is 1.16 bits per heavy atom. The van der Waals surface area contributed by atoms with Gasteiger partial charge in [-0.1, -0.05) is 111 Å². The van der Waals surface area contributed by atoms with E-state index in [9.17, 15) is 0 Å². The fraction of sp³-hybridized carbons (Fsp3) is 0.371. The summed E-state index contributed by atoms with van der Waals surface area (Å²) in [6.45, 7) is 20.4. The molecule has 0 bridgehead atoms. The van der Waals surface area contributed by atoms with Crippen LogP contribution in [0.1, 0.15) is 83.5 Å². The molecular weight excluding hydrogens is 448 g/mol. The van der Waals surface area contributed by atoms with E-state index in [1.54, 1.807) is 0 Å². The minimum absolute atomic E-state index is 0. The first-order valence-corrected chi connectivity index (χ1v) is 12.3. The molecule has 2 heterocycles. The molecule has 0 aliphatic heterocycles. The molecular formula is C35H56N2. The highest BCUT2D eigenvalue weighted by Crippen LogP contribution is 2.20. The van der Waals surface area contributed by atoms with Crippen LogP contribution in [-0.4, -0.2) is 9.97 Å². The van der Waals surface area contributed by atoms with Crippen molar-refractivity contribution in [2.24, 2.45) is 0 Å². The van der Waals surface area contributed by atoms with Crippen molar-refractivity contribution in [3.05, 3.63) is 119 Å². The SMILES string of the molecule is C.C.C.CC.CC.Cc1ccc(-c2ccccc2C)nc1.Cc1ccc(C)nc1.Cc1ccccc1C. The van der Waals surface area contributed by atoms with Crippen molar-refractivity contribution < 1.29 is 0 Å². The molecule has 2 aromatic heterocycles. The van der Waals surface area contributed by atoms with E-state index >= 15 is 0 Å². The molecule has 2 heteroatoms. The summed E-state index contributed by atoms with van der Waals surface area (Å²) in [5.74, 6) is 0. The molecule has 0 fully saturated rings. The van der Waals surface area contributed by atoms with E-state index in [0.29, 0.717) is 0 Å². The summed E-state index contributed by atoms with van der Waals surface area (Å²) < 4.78 is 0. The number of benzene rings is 2. The monoisotopic (exact) mass is 504 g/mol. The summed E-state index contributed by atoms with van der Waals surface area (Å²) in [5.41, 5.74) is 9.76. The molecule has 2 aromatic carbocycles. The highest BCUT2D eigenvalue weighted by atomic mass is 14.7. The zero-order valence-corrected chi connectivity index (χ0v) is 23.0. The second-order valence-corrected chi connectivity index (χ2v) is 7.60. The Bertz CT molecular complexity index is 991. The quantitative estimate of drug-likeness (QED) is 0.257. The van der Waals surface area contributed by atoms with E-state index in [1.807, 2.05) is 72.1 Å². The van der Waals surface area contributed by atoms with Gasteiger partial charge >= 0.3 is 0 Å². The topological polar surface area (TPSA) is 25.8 Å². The molecule has 4 aromatic rings. The van der Waals surface area contributed by atoms with Crippen LogP contribution in [0.3, 0.4) is 0 Å². The van der Waals surface area contributed by atoms with Gasteiger partial charge in [-0.3, -0.25) is 9.97 Å². The molecule has 0 spiro atoms. The van der Waals surface area contributed by atoms with Gasteiger partial charge in [-0.25, -0.2) is 0 Å². The highest BCUT2D eigenvalue weighted by molar-refractivity contribution is 5.63. The number of hydrogen-bond acceptors (Lipinski definition) is 2. The molecule has 0 N–H and O–H groups in total. The molecule has 2 nitrogen and oxygen atoms in total. The Kier molecular flexibility index (Phi) is 27.0. The lowest BCUT2D eigenvalue weighted by Crippen LogP contribution is -1.86. The van der Waals surface area contributed by atoms with Crippen molar-refractivity contribution in [3.63, 3.8) is 0 Å². The summed E-state index contributed by atoms with van der Waals surface area (Å²) in [6.07, 6.45) is 3.77. The van der Waals surface area contributed by atoms with Crippen LogP contribution < -0.4 is 0 Å². The second kappa shape index (κ2) is 24.4. The van der Waals surface area contributed by atoms with E-state index in [0.717, 1.165) is 11.4 Å². The fourth-order valence-corrected chi connectivity index (χ4v) is 2.69. The minimum Gasteiger partial charge on any atom is -0.261 e. The Balaban J connectivity index is -0.000000208. The Labute approximate surface area is 231 Å². The lowest BCUT2D eigenvalue weighted by atomic mass is 10.1. The summed E-state index contributed by atoms with van der Waals surface area (Å²) in [6, 6.07) is 24.9. The summed E-state index contributed by atoms with van der Waals surface area (Å²) in [4.78, 5) is 8.49. The number of pyridine rings is 2. The maximum absolute atomic E-state index is 4.41. The van der Waals surface area contributed by atoms with Crippen LogP contribution in [0.4, 0.5) is 0 Å². The summed E-state index contributed by atoms with van der Waals surface area (Å²) >= 11 is 0. The minimum atomic E-state index is 0. The molecule has 0 aliphatic rings. The standard InChI is InChI=1S/C13H13N.C8H10.C7H9N.2C2H6.3CH4/c1-10-7-8-13(14-9-10)12-6-4-3-5-11(12)2;1-7-5-3-4-6-8(7)2;1-6-3-4-7(2)8-5-6;2*1-2;;;/h3-9H,1-2H3;3-6H,1-2H3;3-5H,1-2H3;2*1-2H3;3*1H4. The van der Waals surface area contributed by atoms with Gasteiger partial charge in [0.15, 0.2) is 0 Å². The first-order chi connectivity index (χ1) is 16.4. The molecule has 0 aliphatic carbocycles. The molecule has 0 amide bonds. The highest BCUT2D eigenvalue weighted by Gasteiger charge is 2.00. The summed E-state index contributed by atoms with van der Waals surface area (Å²) in [7, 11) is 0. The van der Waals surface area contributed by atoms with Crippen molar-refractivity contribution in [3.8, 4) is 11.3 Å². The zero-order chi connectivity index (χ0) is 25.9. The zero-order valence-electron chi connectivity index (χ0n) is 23.0. The van der Waals surface area contributed by atoms with Gasteiger partial charge in [0.25, 0.3) is 0 Å². The maximum Gasteiger partial charge on any atom is 0.0704 e. The largest absolute Gasteiger partial charge is 0.261 e. The number of hydrogen-bond donors (Lipinski definition) is 0. The molecule has 0 atom stereocenters. The fourth-order valence-electron chi connectivity index (χ4n) is 2.69. The Morgan fingerprint density at radius 1 is 0.432 bits per heavy atom. The van der Waals surface area contributed by atoms with Gasteiger partial charge in [0.1, 0.15) is 0 Å². The van der Waals surface area contributed by atoms with Crippen molar-refractivity contribution in [2.45, 2.75) is 91.5 Å². The molecule has 37 heavy (non-hydrogen) atoms. The first-order valence-electron chi connectivity index (χ1n) is 12.3. The number of rotatable bonds is 1. The molecule has 206 valence electrons. The number of aryl methyl sites for hydroxylation is 6. The van der Waals surface area contributed by atoms with Crippen molar-refractivity contribution in [2.75, 3.05) is 0 Å². The second-order valence-electron chi connectivity index (χ2n) is 7.60. The van der Waals surface area contributed by atoms with Crippen LogP contribution in [0.15, 0.2) is 85.2 Å². The van der Waals surface area contributed by atoms with Gasteiger partial charge < -0.3 is 0 Å². The molecule has 4 rings (SSSR count). The van der Waals surface area contributed by atoms with E-state index in [2.05, 4.69) is 92.3 Å². The third-order valence-corrected chi connectivity index (χ3v) is 4.82. The van der Waals surface area contributed by atoms with Crippen molar-refractivity contribution >= 4 is 0 Å². The van der Waals surface area contributed by atoms with Crippen molar-refractivity contribution in [1.82, 2.24) is 9.97 Å². The van der Waals surface area contributed by atoms with Crippen molar-refractivity contribution in [1.29, 1.82) is 0 Å². The van der Waals surface area contributed by atoms with Gasteiger partial charge in [0, 0.05) is 23.7 Å². The lowest BCUT2D eigenvalue weighted by Gasteiger charge is -2.04. The Morgan fingerprint density at radius 2 is 0.838 bits per heavy atom. The third-order valence-electron chi connectivity index (χ3n) is 4.82. The Hall–Kier alpha value is -3.26. The van der Waals surface area contributed by atoms with Gasteiger partial charge in [0.05, 0.1) is 5.69 Å². The van der Waals surface area contributed by atoms with Gasteiger partial charge in [-0.2, -0.15) is 0 Å². The van der Waals surface area contributed by atoms with Crippen LogP contribution in [-0.2, 0) is 0 Å². The van der Waals surface area contributed by atoms with E-state index in [-0.39, 0.29) is 22.3 Å². The average Bonchev–Trinajstić information content (AvgIpc) is 2.87. The predicted molar refractivity (Wildman–Crippen MR) is 172 cm³/mol. The number of aromatic nitrogens is 2. The molecule has 0 saturated heterocycles. The summed E-state index contributed by atoms with van der Waals surface area (Å²) in [5, 5.41) is 0. The van der Waals surface area contributed by atoms with Crippen LogP contribution in [0.5, 0.6) is 0 Å². The first kappa shape index (κ1) is 40.9. The van der Waals surface area contributed by atoms with Crippen LogP contribution in [0.2, 0.25) is 0 Å². The van der Waals surface area contributed by atoms with Gasteiger partial charge in [-0.05, 0) is 81.5 Å². The van der Waals surface area contributed by atoms with Gasteiger partial charge in [0.2, 0.25) is 0 Å². The van der Waals surface area contributed by atoms with Crippen LogP contribution in [0, 0.1) is 41.5 Å². The van der Waals surface area contributed by atoms with Crippen LogP contribution in [0.25, 0.3) is 11.3 Å². The molecule has 0 radical (unpaired) electrons.